The van der Waals surface area contributed by atoms with E-state index < -0.39 is 0 Å². The Morgan fingerprint density at radius 3 is 1.90 bits per heavy atom. The summed E-state index contributed by atoms with van der Waals surface area (Å²) in [5.74, 6) is 3.06. The second-order valence-electron chi connectivity index (χ2n) is 9.84. The fourth-order valence-corrected chi connectivity index (χ4v) is 7.83. The topological polar surface area (TPSA) is 49.4 Å². The summed E-state index contributed by atoms with van der Waals surface area (Å²) >= 11 is 0. The van der Waals surface area contributed by atoms with Crippen molar-refractivity contribution in [1.82, 2.24) is 4.90 Å². The van der Waals surface area contributed by atoms with E-state index in [2.05, 4.69) is 11.9 Å². The van der Waals surface area contributed by atoms with Gasteiger partial charge in [0.25, 0.3) is 0 Å². The number of ether oxygens (including phenoxy) is 5. The van der Waals surface area contributed by atoms with Gasteiger partial charge in [-0.3, -0.25) is 0 Å². The van der Waals surface area contributed by atoms with Crippen molar-refractivity contribution in [1.29, 1.82) is 0 Å². The van der Waals surface area contributed by atoms with Crippen molar-refractivity contribution in [2.45, 2.75) is 68.7 Å². The lowest BCUT2D eigenvalue weighted by atomic mass is 9.54. The number of piperidine rings is 1. The van der Waals surface area contributed by atoms with Crippen LogP contribution in [-0.2, 0) is 23.7 Å². The van der Waals surface area contributed by atoms with E-state index in [9.17, 15) is 0 Å². The van der Waals surface area contributed by atoms with Gasteiger partial charge >= 0.3 is 0 Å². The zero-order valence-corrected chi connectivity index (χ0v) is 19.1. The molecule has 4 aliphatic rings. The Morgan fingerprint density at radius 1 is 0.621 bits per heavy atom. The smallest absolute Gasteiger partial charge is 0.0877 e. The third-order valence-electron chi connectivity index (χ3n) is 8.97. The van der Waals surface area contributed by atoms with Crippen LogP contribution >= 0.6 is 0 Å². The highest BCUT2D eigenvalue weighted by Gasteiger charge is 2.58. The summed E-state index contributed by atoms with van der Waals surface area (Å²) in [6.45, 7) is 1.05. The third kappa shape index (κ3) is 3.68. The molecule has 3 aliphatic carbocycles. The molecule has 168 valence electrons. The number of methoxy groups -OCH3 is 5. The molecule has 29 heavy (non-hydrogen) atoms. The zero-order valence-electron chi connectivity index (χ0n) is 19.1. The lowest BCUT2D eigenvalue weighted by Gasteiger charge is -2.61. The maximum absolute atomic E-state index is 6.08. The van der Waals surface area contributed by atoms with E-state index in [1.807, 2.05) is 35.5 Å². The Balaban J connectivity index is 1.61. The Hall–Kier alpha value is -0.240. The van der Waals surface area contributed by atoms with Gasteiger partial charge in [0.05, 0.1) is 30.5 Å². The van der Waals surface area contributed by atoms with Crippen molar-refractivity contribution >= 4 is 0 Å². The molecule has 1 heterocycles. The van der Waals surface area contributed by atoms with Gasteiger partial charge in [0.15, 0.2) is 0 Å². The van der Waals surface area contributed by atoms with E-state index in [1.54, 1.807) is 0 Å². The lowest BCUT2D eigenvalue weighted by Crippen LogP contribution is -2.67. The molecule has 6 nitrogen and oxygen atoms in total. The molecule has 1 aliphatic heterocycles. The Bertz CT molecular complexity index is 547. The van der Waals surface area contributed by atoms with Crippen LogP contribution in [0.1, 0.15) is 32.1 Å². The van der Waals surface area contributed by atoms with Crippen LogP contribution in [-0.4, -0.2) is 90.6 Å². The van der Waals surface area contributed by atoms with Crippen LogP contribution in [0.3, 0.4) is 0 Å². The average Bonchev–Trinajstić information content (AvgIpc) is 2.76. The van der Waals surface area contributed by atoms with Crippen molar-refractivity contribution in [3.05, 3.63) is 0 Å². The minimum Gasteiger partial charge on any atom is -0.381 e. The van der Waals surface area contributed by atoms with Crippen LogP contribution in [0.25, 0.3) is 0 Å². The van der Waals surface area contributed by atoms with Crippen molar-refractivity contribution in [3.63, 3.8) is 0 Å². The molecule has 0 aromatic heterocycles. The third-order valence-corrected chi connectivity index (χ3v) is 8.97. The van der Waals surface area contributed by atoms with Gasteiger partial charge in [-0.25, -0.2) is 0 Å². The number of rotatable bonds is 5. The van der Waals surface area contributed by atoms with Crippen molar-refractivity contribution in [2.75, 3.05) is 49.1 Å². The molecule has 4 fully saturated rings. The predicted octanol–water partition coefficient (Wildman–Crippen LogP) is 2.45. The number of hydrogen-bond donors (Lipinski definition) is 0. The van der Waals surface area contributed by atoms with Gasteiger partial charge in [-0.1, -0.05) is 0 Å². The van der Waals surface area contributed by atoms with E-state index >= 15 is 0 Å². The monoisotopic (exact) mass is 411 g/mol. The molecule has 11 atom stereocenters. The quantitative estimate of drug-likeness (QED) is 0.693. The summed E-state index contributed by atoms with van der Waals surface area (Å²) in [5, 5.41) is 0. The molecule has 0 amide bonds. The van der Waals surface area contributed by atoms with E-state index in [0.29, 0.717) is 29.7 Å². The summed E-state index contributed by atoms with van der Waals surface area (Å²) in [5.41, 5.74) is 0. The normalized spacial score (nSPS) is 50.5. The second-order valence-corrected chi connectivity index (χ2v) is 9.84. The van der Waals surface area contributed by atoms with Crippen molar-refractivity contribution < 1.29 is 23.7 Å². The highest BCUT2D eigenvalue weighted by atomic mass is 16.5. The number of fused-ring (bicyclic) bond motifs is 5. The second kappa shape index (κ2) is 9.09. The van der Waals surface area contributed by atoms with Gasteiger partial charge in [-0.2, -0.15) is 0 Å². The van der Waals surface area contributed by atoms with E-state index in [0.717, 1.165) is 31.7 Å². The summed E-state index contributed by atoms with van der Waals surface area (Å²) in [4.78, 5) is 2.64. The van der Waals surface area contributed by atoms with Crippen molar-refractivity contribution in [3.8, 4) is 0 Å². The zero-order chi connectivity index (χ0) is 20.7. The minimum absolute atomic E-state index is 0.113. The molecular formula is C23H41NO5. The van der Waals surface area contributed by atoms with Crippen LogP contribution in [0.15, 0.2) is 0 Å². The first kappa shape index (κ1) is 22.0. The molecule has 0 aromatic carbocycles. The first-order valence-corrected chi connectivity index (χ1v) is 11.4. The SMILES string of the molecule is COC1CC2CCC3C4C(OC)CC(OC)C(OC)C4CN(C)C3C2CC1OC. The minimum atomic E-state index is 0.113. The molecular weight excluding hydrogens is 370 g/mol. The Morgan fingerprint density at radius 2 is 1.28 bits per heavy atom. The maximum atomic E-state index is 6.08. The Kier molecular flexibility index (Phi) is 6.89. The molecule has 0 radical (unpaired) electrons. The number of hydrogen-bond acceptors (Lipinski definition) is 6. The highest BCUT2D eigenvalue weighted by Crippen LogP contribution is 2.54. The molecule has 0 aromatic rings. The summed E-state index contributed by atoms with van der Waals surface area (Å²) in [6.07, 6.45) is 6.69. The van der Waals surface area contributed by atoms with Gasteiger partial charge in [-0.05, 0) is 56.4 Å². The van der Waals surface area contributed by atoms with Gasteiger partial charge in [0.1, 0.15) is 0 Å². The van der Waals surface area contributed by atoms with Crippen LogP contribution in [0.5, 0.6) is 0 Å². The fourth-order valence-electron chi connectivity index (χ4n) is 7.83. The largest absolute Gasteiger partial charge is 0.381 e. The Labute approximate surface area is 176 Å². The lowest BCUT2D eigenvalue weighted by molar-refractivity contribution is -0.206. The van der Waals surface area contributed by atoms with Crippen molar-refractivity contribution in [2.24, 2.45) is 29.6 Å². The number of likely N-dealkylation sites (tertiary alicyclic amines) is 1. The standard InChI is InChI=1S/C23H41NO5/c1-24-12-16-21(19(27-4)11-20(28-5)23(16)29-6)14-8-7-13-9-17(25-2)18(26-3)10-15(13)22(14)24/h13-23H,7-12H2,1-6H3. The first-order chi connectivity index (χ1) is 14.1. The predicted molar refractivity (Wildman–Crippen MR) is 111 cm³/mol. The maximum Gasteiger partial charge on any atom is 0.0877 e. The first-order valence-electron chi connectivity index (χ1n) is 11.4. The van der Waals surface area contributed by atoms with Crippen LogP contribution in [0, 0.1) is 29.6 Å². The van der Waals surface area contributed by atoms with Gasteiger partial charge in [0.2, 0.25) is 0 Å². The molecule has 0 spiro atoms. The van der Waals surface area contributed by atoms with Gasteiger partial charge in [0, 0.05) is 60.5 Å². The number of nitrogens with zero attached hydrogens (tertiary/aromatic N) is 1. The molecule has 0 N–H and O–H groups in total. The van der Waals surface area contributed by atoms with E-state index in [4.69, 9.17) is 23.7 Å². The van der Waals surface area contributed by atoms with Gasteiger partial charge < -0.3 is 28.6 Å². The van der Waals surface area contributed by atoms with Gasteiger partial charge in [-0.15, -0.1) is 0 Å². The average molecular weight is 412 g/mol. The molecule has 0 bridgehead atoms. The van der Waals surface area contributed by atoms with Crippen LogP contribution < -0.4 is 0 Å². The summed E-state index contributed by atoms with van der Waals surface area (Å²) in [7, 11) is 11.5. The molecule has 3 saturated carbocycles. The summed E-state index contributed by atoms with van der Waals surface area (Å²) in [6, 6.07) is 0.597. The molecule has 1 saturated heterocycles. The molecule has 4 rings (SSSR count). The summed E-state index contributed by atoms with van der Waals surface area (Å²) < 4.78 is 29.6. The molecule has 6 heteroatoms. The fraction of sp³-hybridized carbons (Fsp3) is 1.00. The van der Waals surface area contributed by atoms with E-state index in [-0.39, 0.29) is 30.5 Å². The highest BCUT2D eigenvalue weighted by molar-refractivity contribution is 5.09. The van der Waals surface area contributed by atoms with Crippen LogP contribution in [0.4, 0.5) is 0 Å². The van der Waals surface area contributed by atoms with E-state index in [1.165, 1.54) is 12.8 Å². The van der Waals surface area contributed by atoms with Crippen LogP contribution in [0.2, 0.25) is 0 Å². The molecule has 11 unspecified atom stereocenters.